The fraction of sp³-hybridized carbons (Fsp3) is 0.150. The van der Waals surface area contributed by atoms with Crippen molar-refractivity contribution in [1.82, 2.24) is 9.97 Å². The van der Waals surface area contributed by atoms with Crippen LogP contribution in [0.25, 0.3) is 21.5 Å². The van der Waals surface area contributed by atoms with Crippen molar-refractivity contribution in [3.8, 4) is 11.3 Å². The Kier molecular flexibility index (Phi) is 5.54. The number of oxazole rings is 1. The second-order valence-corrected chi connectivity index (χ2v) is 9.73. The molecule has 4 rings (SSSR count). The first-order chi connectivity index (χ1) is 14.7. The minimum absolute atomic E-state index is 0.00419. The highest BCUT2D eigenvalue weighted by atomic mass is 32.2. The van der Waals surface area contributed by atoms with Gasteiger partial charge >= 0.3 is 0 Å². The topological polar surface area (TPSA) is 102 Å². The Morgan fingerprint density at radius 3 is 2.65 bits per heavy atom. The van der Waals surface area contributed by atoms with Gasteiger partial charge in [-0.3, -0.25) is 4.79 Å². The number of benzene rings is 2. The van der Waals surface area contributed by atoms with Crippen molar-refractivity contribution >= 4 is 42.4 Å². The van der Waals surface area contributed by atoms with Crippen LogP contribution in [0.1, 0.15) is 12.3 Å². The number of carbonyl (C=O) groups excluding carboxylic acids is 1. The Morgan fingerprint density at radius 2 is 1.94 bits per heavy atom. The van der Waals surface area contributed by atoms with Gasteiger partial charge in [0.15, 0.2) is 26.6 Å². The Morgan fingerprint density at radius 1 is 1.19 bits per heavy atom. The van der Waals surface area contributed by atoms with Gasteiger partial charge in [0, 0.05) is 19.1 Å². The van der Waals surface area contributed by atoms with Crippen LogP contribution < -0.4 is 5.32 Å². The van der Waals surface area contributed by atoms with Gasteiger partial charge in [0.1, 0.15) is 11.6 Å². The van der Waals surface area contributed by atoms with Crippen molar-refractivity contribution < 1.29 is 26.4 Å². The third-order valence-electron chi connectivity index (χ3n) is 4.36. The van der Waals surface area contributed by atoms with E-state index in [2.05, 4.69) is 15.3 Å². The number of nitrogens with zero attached hydrogens (tertiary/aromatic N) is 2. The molecule has 0 radical (unpaired) electrons. The van der Waals surface area contributed by atoms with E-state index in [-0.39, 0.29) is 40.9 Å². The van der Waals surface area contributed by atoms with Gasteiger partial charge in [0.25, 0.3) is 0 Å². The molecule has 0 aliphatic heterocycles. The standard InChI is InChI=1S/C20H15F2N3O4S2/c1-31(27,28)11-5-6-14-16(9-11)30-20(24-14)25-17(26)7-8-18-23-10-15(29-18)19-12(21)3-2-4-13(19)22/h2-6,9-10H,7-8H2,1H3,(H,24,25,26). The molecule has 2 aromatic carbocycles. The number of anilines is 1. The lowest BCUT2D eigenvalue weighted by atomic mass is 10.1. The Bertz CT molecular complexity index is 1380. The Balaban J connectivity index is 1.41. The summed E-state index contributed by atoms with van der Waals surface area (Å²) in [4.78, 5) is 20.7. The van der Waals surface area contributed by atoms with Crippen LogP contribution in [-0.4, -0.2) is 30.5 Å². The van der Waals surface area contributed by atoms with E-state index < -0.39 is 21.5 Å². The molecule has 0 saturated carbocycles. The van der Waals surface area contributed by atoms with E-state index in [4.69, 9.17) is 4.42 Å². The smallest absolute Gasteiger partial charge is 0.226 e. The average Bonchev–Trinajstić information content (AvgIpc) is 3.31. The van der Waals surface area contributed by atoms with Crippen LogP contribution >= 0.6 is 11.3 Å². The molecule has 1 amide bonds. The number of thiazole rings is 1. The number of hydrogen-bond acceptors (Lipinski definition) is 7. The molecule has 0 spiro atoms. The number of sulfone groups is 1. The zero-order chi connectivity index (χ0) is 22.2. The molecule has 0 saturated heterocycles. The Hall–Kier alpha value is -3.18. The molecule has 0 bridgehead atoms. The van der Waals surface area contributed by atoms with Crippen LogP contribution in [0.15, 0.2) is 51.9 Å². The molecule has 0 aliphatic rings. The van der Waals surface area contributed by atoms with Crippen molar-refractivity contribution in [2.24, 2.45) is 0 Å². The number of fused-ring (bicyclic) bond motifs is 1. The first-order valence-corrected chi connectivity index (χ1v) is 11.7. The molecule has 0 aliphatic carbocycles. The summed E-state index contributed by atoms with van der Waals surface area (Å²) in [6.07, 6.45) is 2.45. The second kappa shape index (κ2) is 8.16. The number of aromatic nitrogens is 2. The van der Waals surface area contributed by atoms with Crippen molar-refractivity contribution in [2.75, 3.05) is 11.6 Å². The number of halogens is 2. The zero-order valence-corrected chi connectivity index (χ0v) is 17.7. The summed E-state index contributed by atoms with van der Waals surface area (Å²) >= 11 is 1.15. The molecule has 31 heavy (non-hydrogen) atoms. The van der Waals surface area contributed by atoms with Gasteiger partial charge in [-0.25, -0.2) is 27.2 Å². The minimum Gasteiger partial charge on any atom is -0.441 e. The quantitative estimate of drug-likeness (QED) is 0.460. The van der Waals surface area contributed by atoms with Crippen LogP contribution in [0, 0.1) is 11.6 Å². The number of amides is 1. The fourth-order valence-corrected chi connectivity index (χ4v) is 4.51. The highest BCUT2D eigenvalue weighted by Crippen LogP contribution is 2.29. The lowest BCUT2D eigenvalue weighted by molar-refractivity contribution is -0.116. The largest absolute Gasteiger partial charge is 0.441 e. The van der Waals surface area contributed by atoms with E-state index in [1.165, 1.54) is 24.4 Å². The molecular formula is C20H15F2N3O4S2. The average molecular weight is 463 g/mol. The number of aryl methyl sites for hydroxylation is 1. The number of carbonyl (C=O) groups is 1. The van der Waals surface area contributed by atoms with Crippen molar-refractivity contribution in [2.45, 2.75) is 17.7 Å². The summed E-state index contributed by atoms with van der Waals surface area (Å²) < 4.78 is 57.0. The number of nitrogens with one attached hydrogen (secondary N) is 1. The maximum absolute atomic E-state index is 13.8. The summed E-state index contributed by atoms with van der Waals surface area (Å²) in [5.41, 5.74) is 0.255. The van der Waals surface area contributed by atoms with Crippen LogP contribution in [0.5, 0.6) is 0 Å². The number of rotatable bonds is 6. The molecule has 0 fully saturated rings. The number of hydrogen-bond donors (Lipinski definition) is 1. The molecule has 2 aromatic heterocycles. The predicted octanol–water partition coefficient (Wildman–Crippen LogP) is 4.20. The monoisotopic (exact) mass is 463 g/mol. The predicted molar refractivity (Wildman–Crippen MR) is 112 cm³/mol. The van der Waals surface area contributed by atoms with Gasteiger partial charge in [-0.05, 0) is 30.3 Å². The van der Waals surface area contributed by atoms with Gasteiger partial charge in [0.2, 0.25) is 5.91 Å². The Labute approximate surface area is 179 Å². The lowest BCUT2D eigenvalue weighted by Gasteiger charge is -2.01. The van der Waals surface area contributed by atoms with Crippen LogP contribution in [0.4, 0.5) is 13.9 Å². The summed E-state index contributed by atoms with van der Waals surface area (Å²) in [6.45, 7) is 0. The van der Waals surface area contributed by atoms with Crippen LogP contribution in [0.2, 0.25) is 0 Å². The molecule has 11 heteroatoms. The molecule has 0 unspecified atom stereocenters. The molecule has 1 N–H and O–H groups in total. The van der Waals surface area contributed by atoms with E-state index in [1.807, 2.05) is 0 Å². The molecule has 160 valence electrons. The highest BCUT2D eigenvalue weighted by molar-refractivity contribution is 7.90. The summed E-state index contributed by atoms with van der Waals surface area (Å²) in [6, 6.07) is 8.03. The molecule has 2 heterocycles. The second-order valence-electron chi connectivity index (χ2n) is 6.68. The zero-order valence-electron chi connectivity index (χ0n) is 16.1. The van der Waals surface area contributed by atoms with Crippen molar-refractivity contribution in [3.05, 3.63) is 60.1 Å². The first kappa shape index (κ1) is 21.1. The van der Waals surface area contributed by atoms with Gasteiger partial charge in [0.05, 0.1) is 26.9 Å². The van der Waals surface area contributed by atoms with Crippen molar-refractivity contribution in [1.29, 1.82) is 0 Å². The van der Waals surface area contributed by atoms with Gasteiger partial charge in [-0.2, -0.15) is 0 Å². The third kappa shape index (κ3) is 4.62. The van der Waals surface area contributed by atoms with E-state index in [1.54, 1.807) is 6.07 Å². The van der Waals surface area contributed by atoms with Gasteiger partial charge in [-0.15, -0.1) is 0 Å². The molecule has 0 atom stereocenters. The summed E-state index contributed by atoms with van der Waals surface area (Å²) in [5, 5.41) is 2.97. The normalized spacial score (nSPS) is 11.7. The molecular weight excluding hydrogens is 448 g/mol. The molecule has 7 nitrogen and oxygen atoms in total. The minimum atomic E-state index is -3.34. The van der Waals surface area contributed by atoms with E-state index in [9.17, 15) is 22.0 Å². The van der Waals surface area contributed by atoms with Crippen molar-refractivity contribution in [3.63, 3.8) is 0 Å². The van der Waals surface area contributed by atoms with Crippen LogP contribution in [-0.2, 0) is 21.1 Å². The lowest BCUT2D eigenvalue weighted by Crippen LogP contribution is -2.12. The van der Waals surface area contributed by atoms with E-state index in [0.717, 1.165) is 29.7 Å². The molecule has 4 aromatic rings. The van der Waals surface area contributed by atoms with E-state index in [0.29, 0.717) is 15.3 Å². The maximum Gasteiger partial charge on any atom is 0.226 e. The fourth-order valence-electron chi connectivity index (χ4n) is 2.87. The van der Waals surface area contributed by atoms with E-state index >= 15 is 0 Å². The van der Waals surface area contributed by atoms with Gasteiger partial charge < -0.3 is 9.73 Å². The van der Waals surface area contributed by atoms with Gasteiger partial charge in [-0.1, -0.05) is 17.4 Å². The summed E-state index contributed by atoms with van der Waals surface area (Å²) in [7, 11) is -3.34. The first-order valence-electron chi connectivity index (χ1n) is 9.00. The maximum atomic E-state index is 13.8. The van der Waals surface area contributed by atoms with Crippen LogP contribution in [0.3, 0.4) is 0 Å². The summed E-state index contributed by atoms with van der Waals surface area (Å²) in [5.74, 6) is -1.79. The highest BCUT2D eigenvalue weighted by Gasteiger charge is 2.17. The SMILES string of the molecule is CS(=O)(=O)c1ccc2nc(NC(=O)CCc3ncc(-c4c(F)cccc4F)o3)sc2c1. The third-order valence-corrected chi connectivity index (χ3v) is 6.41.